The van der Waals surface area contributed by atoms with Gasteiger partial charge in [-0.3, -0.25) is 0 Å². The Kier molecular flexibility index (Phi) is 6.65. The van der Waals surface area contributed by atoms with Crippen molar-refractivity contribution < 1.29 is 14.6 Å². The predicted molar refractivity (Wildman–Crippen MR) is 95.9 cm³/mol. The van der Waals surface area contributed by atoms with Crippen LogP contribution in [0.4, 0.5) is 0 Å². The van der Waals surface area contributed by atoms with Crippen LogP contribution in [-0.4, -0.2) is 33.4 Å². The molecule has 2 rings (SSSR count). The molecule has 0 spiro atoms. The number of nitrogens with zero attached hydrogens (tertiary/aromatic N) is 3. The fraction of sp³-hybridized carbons (Fsp3) is 0.667. The van der Waals surface area contributed by atoms with Crippen LogP contribution in [0, 0.1) is 17.2 Å². The maximum atomic E-state index is 10.8. The summed E-state index contributed by atoms with van der Waals surface area (Å²) in [6.45, 7) is 5.41. The number of hydrogen-bond acceptors (Lipinski definition) is 6. The molecule has 0 amide bonds. The summed E-state index contributed by atoms with van der Waals surface area (Å²) >= 11 is 1.56. The van der Waals surface area contributed by atoms with Gasteiger partial charge < -0.3 is 9.84 Å². The second kappa shape index (κ2) is 8.52. The monoisotopic (exact) mass is 363 g/mol. The van der Waals surface area contributed by atoms with E-state index in [0.29, 0.717) is 16.8 Å². The van der Waals surface area contributed by atoms with Gasteiger partial charge in [-0.25, -0.2) is 9.78 Å². The third-order valence-corrected chi connectivity index (χ3v) is 5.35. The lowest BCUT2D eigenvalue weighted by atomic mass is 9.91. The predicted octanol–water partition coefficient (Wildman–Crippen LogP) is 3.78. The molecule has 25 heavy (non-hydrogen) atoms. The normalized spacial score (nSPS) is 15.6. The minimum Gasteiger partial charge on any atom is -0.479 e. The molecule has 0 aromatic carbocycles. The Balaban J connectivity index is 2.29. The largest absolute Gasteiger partial charge is 0.479 e. The van der Waals surface area contributed by atoms with Crippen LogP contribution in [-0.2, 0) is 10.2 Å². The molecule has 1 heterocycles. The van der Waals surface area contributed by atoms with E-state index in [2.05, 4.69) is 16.0 Å². The lowest BCUT2D eigenvalue weighted by molar-refractivity contribution is -0.139. The topological polar surface area (TPSA) is 96.1 Å². The maximum absolute atomic E-state index is 10.8. The van der Waals surface area contributed by atoms with Crippen molar-refractivity contribution in [1.29, 1.82) is 5.26 Å². The molecule has 6 nitrogen and oxygen atoms in total. The fourth-order valence-electron chi connectivity index (χ4n) is 2.74. The first-order valence-corrected chi connectivity index (χ1v) is 9.60. The zero-order chi connectivity index (χ0) is 18.4. The number of aliphatic carboxylic acids is 1. The molecule has 0 bridgehead atoms. The Morgan fingerprint density at radius 1 is 1.32 bits per heavy atom. The highest BCUT2D eigenvalue weighted by molar-refractivity contribution is 7.99. The average molecular weight is 363 g/mol. The number of nitriles is 1. The summed E-state index contributed by atoms with van der Waals surface area (Å²) < 4.78 is 5.27. The zero-order valence-electron chi connectivity index (χ0n) is 15.0. The minimum absolute atomic E-state index is 0.0657. The van der Waals surface area contributed by atoms with Crippen molar-refractivity contribution >= 4 is 17.7 Å². The van der Waals surface area contributed by atoms with Crippen molar-refractivity contribution in [2.24, 2.45) is 5.92 Å². The molecule has 7 heteroatoms. The van der Waals surface area contributed by atoms with Crippen LogP contribution < -0.4 is 4.74 Å². The fourth-order valence-corrected chi connectivity index (χ4v) is 3.90. The van der Waals surface area contributed by atoms with E-state index in [1.54, 1.807) is 11.8 Å². The average Bonchev–Trinajstić information content (AvgIpc) is 2.57. The second-order valence-electron chi connectivity index (χ2n) is 7.39. The molecule has 136 valence electrons. The highest BCUT2D eigenvalue weighted by Crippen LogP contribution is 2.34. The molecule has 0 atom stereocenters. The number of carbonyl (C=O) groups is 1. The molecule has 1 aliphatic rings. The second-order valence-corrected chi connectivity index (χ2v) is 8.40. The van der Waals surface area contributed by atoms with Crippen molar-refractivity contribution in [3.05, 3.63) is 11.4 Å². The van der Waals surface area contributed by atoms with Gasteiger partial charge in [-0.05, 0) is 18.8 Å². The van der Waals surface area contributed by atoms with E-state index >= 15 is 0 Å². The first kappa shape index (κ1) is 19.5. The molecular weight excluding hydrogens is 338 g/mol. The summed E-state index contributed by atoms with van der Waals surface area (Å²) in [6, 6.07) is 2.09. The van der Waals surface area contributed by atoms with E-state index in [1.165, 1.54) is 32.1 Å². The van der Waals surface area contributed by atoms with Crippen molar-refractivity contribution in [1.82, 2.24) is 9.97 Å². The standard InChI is InChI=1S/C18H25N3O3S/c1-18(2,3)17-20-15(24-10-14(22)23)13(9-19)16(21-17)25-11-12-7-5-4-6-8-12/h12H,4-8,10-11H2,1-3H3,(H,22,23). The molecule has 1 aromatic heterocycles. The SMILES string of the molecule is CC(C)(C)c1nc(OCC(=O)O)c(C#N)c(SCC2CCCCC2)n1. The van der Waals surface area contributed by atoms with Gasteiger partial charge in [0.25, 0.3) is 0 Å². The van der Waals surface area contributed by atoms with Gasteiger partial charge in [-0.2, -0.15) is 10.2 Å². The number of hydrogen-bond donors (Lipinski definition) is 1. The summed E-state index contributed by atoms with van der Waals surface area (Å²) in [6.07, 6.45) is 6.27. The third-order valence-electron chi connectivity index (χ3n) is 4.14. The quantitative estimate of drug-likeness (QED) is 0.607. The molecule has 0 unspecified atom stereocenters. The van der Waals surface area contributed by atoms with Gasteiger partial charge in [0.05, 0.1) is 0 Å². The number of carboxylic acid groups (broad SMARTS) is 1. The smallest absolute Gasteiger partial charge is 0.341 e. The van der Waals surface area contributed by atoms with Crippen molar-refractivity contribution in [3.8, 4) is 11.9 Å². The first-order chi connectivity index (χ1) is 11.8. The van der Waals surface area contributed by atoms with Crippen LogP contribution >= 0.6 is 11.8 Å². The summed E-state index contributed by atoms with van der Waals surface area (Å²) in [7, 11) is 0. The van der Waals surface area contributed by atoms with E-state index < -0.39 is 12.6 Å². The van der Waals surface area contributed by atoms with Gasteiger partial charge in [0.2, 0.25) is 5.88 Å². The molecular formula is C18H25N3O3S. The summed E-state index contributed by atoms with van der Waals surface area (Å²) in [5.41, 5.74) is -0.0924. The Bertz CT molecular complexity index is 659. The lowest BCUT2D eigenvalue weighted by Crippen LogP contribution is -2.20. The molecule has 1 fully saturated rings. The van der Waals surface area contributed by atoms with Crippen LogP contribution in [0.3, 0.4) is 0 Å². The highest BCUT2D eigenvalue weighted by atomic mass is 32.2. The minimum atomic E-state index is -1.10. The number of rotatable bonds is 6. The Labute approximate surface area is 153 Å². The van der Waals surface area contributed by atoms with Crippen molar-refractivity contribution in [2.75, 3.05) is 12.4 Å². The van der Waals surface area contributed by atoms with E-state index in [1.807, 2.05) is 20.8 Å². The van der Waals surface area contributed by atoms with Gasteiger partial charge in [-0.1, -0.05) is 40.0 Å². The van der Waals surface area contributed by atoms with Gasteiger partial charge in [0.1, 0.15) is 22.5 Å². The van der Waals surface area contributed by atoms with Crippen LogP contribution in [0.25, 0.3) is 0 Å². The molecule has 0 radical (unpaired) electrons. The van der Waals surface area contributed by atoms with E-state index in [0.717, 1.165) is 5.75 Å². The Morgan fingerprint density at radius 2 is 2.00 bits per heavy atom. The van der Waals surface area contributed by atoms with Crippen molar-refractivity contribution in [2.45, 2.75) is 63.3 Å². The third kappa shape index (κ3) is 5.60. The van der Waals surface area contributed by atoms with Gasteiger partial charge in [-0.15, -0.1) is 11.8 Å². The van der Waals surface area contributed by atoms with Crippen molar-refractivity contribution in [3.63, 3.8) is 0 Å². The molecule has 1 saturated carbocycles. The van der Waals surface area contributed by atoms with E-state index in [-0.39, 0.29) is 16.9 Å². The van der Waals surface area contributed by atoms with E-state index in [9.17, 15) is 10.1 Å². The Hall–Kier alpha value is -1.81. The highest BCUT2D eigenvalue weighted by Gasteiger charge is 2.25. The molecule has 1 aromatic rings. The van der Waals surface area contributed by atoms with Crippen LogP contribution in [0.2, 0.25) is 0 Å². The summed E-state index contributed by atoms with van der Waals surface area (Å²) in [4.78, 5) is 19.7. The molecule has 1 aliphatic carbocycles. The number of ether oxygens (including phenoxy) is 1. The van der Waals surface area contributed by atoms with Crippen LogP contribution in [0.5, 0.6) is 5.88 Å². The van der Waals surface area contributed by atoms with Gasteiger partial charge >= 0.3 is 5.97 Å². The van der Waals surface area contributed by atoms with Gasteiger partial charge in [0.15, 0.2) is 6.61 Å². The number of thioether (sulfide) groups is 1. The molecule has 1 N–H and O–H groups in total. The molecule has 0 saturated heterocycles. The lowest BCUT2D eigenvalue weighted by Gasteiger charge is -2.22. The molecule has 0 aliphatic heterocycles. The first-order valence-electron chi connectivity index (χ1n) is 8.61. The zero-order valence-corrected chi connectivity index (χ0v) is 15.9. The number of aromatic nitrogens is 2. The maximum Gasteiger partial charge on any atom is 0.341 e. The number of carboxylic acids is 1. The van der Waals surface area contributed by atoms with E-state index in [4.69, 9.17) is 9.84 Å². The summed E-state index contributed by atoms with van der Waals surface area (Å²) in [5, 5.41) is 19.0. The van der Waals surface area contributed by atoms with Crippen LogP contribution in [0.15, 0.2) is 5.03 Å². The van der Waals surface area contributed by atoms with Gasteiger partial charge in [0, 0.05) is 11.2 Å². The summed E-state index contributed by atoms with van der Waals surface area (Å²) in [5.74, 6) is 1.07. The Morgan fingerprint density at radius 3 is 2.56 bits per heavy atom. The van der Waals surface area contributed by atoms with Crippen LogP contribution in [0.1, 0.15) is 64.3 Å².